The average Bonchev–Trinajstić information content (AvgIpc) is 3.29. The first-order valence-corrected chi connectivity index (χ1v) is 9.45. The molecule has 8 nitrogen and oxygen atoms in total. The second kappa shape index (κ2) is 9.71. The Labute approximate surface area is 175 Å². The molecule has 0 aliphatic carbocycles. The predicted molar refractivity (Wildman–Crippen MR) is 115 cm³/mol. The Kier molecular flexibility index (Phi) is 6.82. The fraction of sp³-hybridized carbons (Fsp3) is 0.227. The number of carbonyl (C=O) groups excluding carboxylic acids is 2. The lowest BCUT2D eigenvalue weighted by molar-refractivity contribution is -0.128. The Bertz CT molecular complexity index is 984. The van der Waals surface area contributed by atoms with E-state index in [0.717, 1.165) is 11.1 Å². The molecular weight excluding hydrogens is 382 g/mol. The molecule has 0 bridgehead atoms. The normalized spacial score (nSPS) is 11.6. The Morgan fingerprint density at radius 1 is 1.13 bits per heavy atom. The summed E-state index contributed by atoms with van der Waals surface area (Å²) in [5.41, 5.74) is 3.31. The van der Waals surface area contributed by atoms with E-state index < -0.39 is 6.04 Å². The van der Waals surface area contributed by atoms with Crippen LogP contribution in [0.15, 0.2) is 60.9 Å². The lowest BCUT2D eigenvalue weighted by atomic mass is 10.0. The minimum atomic E-state index is -0.724. The SMILES string of the molecule is COc1cccc(C(NCC(=O)N(C)C)C(=O)Nc2ccc(-c3cn[nH]c3)cc2)c1. The lowest BCUT2D eigenvalue weighted by Crippen LogP contribution is -2.39. The van der Waals surface area contributed by atoms with Gasteiger partial charge in [-0.3, -0.25) is 20.0 Å². The number of likely N-dealkylation sites (N-methyl/N-ethyl adjacent to an activating group) is 1. The molecule has 0 saturated carbocycles. The summed E-state index contributed by atoms with van der Waals surface area (Å²) in [6.07, 6.45) is 3.54. The molecule has 156 valence electrons. The zero-order valence-corrected chi connectivity index (χ0v) is 17.2. The molecule has 30 heavy (non-hydrogen) atoms. The number of nitrogens with one attached hydrogen (secondary N) is 3. The quantitative estimate of drug-likeness (QED) is 0.533. The molecule has 3 N–H and O–H groups in total. The van der Waals surface area contributed by atoms with Crippen LogP contribution in [0.4, 0.5) is 5.69 Å². The standard InChI is InChI=1S/C22H25N5O3/c1-27(2)20(28)14-23-21(16-5-4-6-19(11-16)30-3)22(29)26-18-9-7-15(8-10-18)17-12-24-25-13-17/h4-13,21,23H,14H2,1-3H3,(H,24,25)(H,26,29). The third-order valence-corrected chi connectivity index (χ3v) is 4.63. The van der Waals surface area contributed by atoms with Gasteiger partial charge in [0.25, 0.3) is 0 Å². The minimum Gasteiger partial charge on any atom is -0.497 e. The van der Waals surface area contributed by atoms with Crippen molar-refractivity contribution in [2.45, 2.75) is 6.04 Å². The molecule has 1 heterocycles. The number of hydrogen-bond donors (Lipinski definition) is 3. The van der Waals surface area contributed by atoms with Gasteiger partial charge in [0, 0.05) is 31.5 Å². The highest BCUT2D eigenvalue weighted by atomic mass is 16.5. The molecule has 0 aliphatic rings. The van der Waals surface area contributed by atoms with Crippen LogP contribution in [0, 0.1) is 0 Å². The van der Waals surface area contributed by atoms with Gasteiger partial charge in [0.15, 0.2) is 0 Å². The summed E-state index contributed by atoms with van der Waals surface area (Å²) in [5, 5.41) is 12.7. The van der Waals surface area contributed by atoms with Crippen molar-refractivity contribution >= 4 is 17.5 Å². The molecule has 1 unspecified atom stereocenters. The summed E-state index contributed by atoms with van der Waals surface area (Å²) >= 11 is 0. The first-order valence-electron chi connectivity index (χ1n) is 9.45. The van der Waals surface area contributed by atoms with Gasteiger partial charge in [-0.25, -0.2) is 0 Å². The van der Waals surface area contributed by atoms with E-state index >= 15 is 0 Å². The minimum absolute atomic E-state index is 0.0295. The Morgan fingerprint density at radius 3 is 2.53 bits per heavy atom. The number of nitrogens with zero attached hydrogens (tertiary/aromatic N) is 2. The third kappa shape index (κ3) is 5.24. The van der Waals surface area contributed by atoms with E-state index in [4.69, 9.17) is 4.74 Å². The Morgan fingerprint density at radius 2 is 1.90 bits per heavy atom. The second-order valence-corrected chi connectivity index (χ2v) is 6.93. The topological polar surface area (TPSA) is 99.3 Å². The molecule has 1 aromatic heterocycles. The highest BCUT2D eigenvalue weighted by Crippen LogP contribution is 2.23. The third-order valence-electron chi connectivity index (χ3n) is 4.63. The van der Waals surface area contributed by atoms with E-state index in [9.17, 15) is 9.59 Å². The first kappa shape index (κ1) is 21.1. The van der Waals surface area contributed by atoms with E-state index in [1.807, 2.05) is 36.4 Å². The van der Waals surface area contributed by atoms with Crippen LogP contribution in [0.25, 0.3) is 11.1 Å². The van der Waals surface area contributed by atoms with E-state index in [1.165, 1.54) is 4.90 Å². The van der Waals surface area contributed by atoms with Gasteiger partial charge in [0.1, 0.15) is 11.8 Å². The summed E-state index contributed by atoms with van der Waals surface area (Å²) in [6, 6.07) is 14.0. The van der Waals surface area contributed by atoms with Crippen molar-refractivity contribution in [1.82, 2.24) is 20.4 Å². The average molecular weight is 407 g/mol. The summed E-state index contributed by atoms with van der Waals surface area (Å²) < 4.78 is 5.27. The number of benzene rings is 2. The van der Waals surface area contributed by atoms with E-state index in [-0.39, 0.29) is 18.4 Å². The number of carbonyl (C=O) groups is 2. The summed E-state index contributed by atoms with van der Waals surface area (Å²) in [5.74, 6) is 0.238. The number of amides is 2. The number of hydrogen-bond acceptors (Lipinski definition) is 5. The van der Waals surface area contributed by atoms with Crippen molar-refractivity contribution in [3.8, 4) is 16.9 Å². The van der Waals surface area contributed by atoms with Crippen LogP contribution < -0.4 is 15.4 Å². The molecule has 0 saturated heterocycles. The molecule has 0 spiro atoms. The number of H-pyrrole nitrogens is 1. The second-order valence-electron chi connectivity index (χ2n) is 6.93. The van der Waals surface area contributed by atoms with Crippen molar-refractivity contribution in [2.24, 2.45) is 0 Å². The molecule has 3 rings (SSSR count). The molecule has 8 heteroatoms. The highest BCUT2D eigenvalue weighted by Gasteiger charge is 2.22. The number of aromatic nitrogens is 2. The molecular formula is C22H25N5O3. The van der Waals surface area contributed by atoms with Crippen molar-refractivity contribution in [2.75, 3.05) is 33.1 Å². The number of anilines is 1. The molecule has 2 amide bonds. The zero-order valence-electron chi connectivity index (χ0n) is 17.2. The predicted octanol–water partition coefficient (Wildman–Crippen LogP) is 2.44. The number of methoxy groups -OCH3 is 1. The van der Waals surface area contributed by atoms with Crippen molar-refractivity contribution < 1.29 is 14.3 Å². The zero-order chi connectivity index (χ0) is 21.5. The van der Waals surface area contributed by atoms with Gasteiger partial charge in [-0.1, -0.05) is 24.3 Å². The Hall–Kier alpha value is -3.65. The maximum atomic E-state index is 13.1. The molecule has 1 atom stereocenters. The molecule has 0 aliphatic heterocycles. The largest absolute Gasteiger partial charge is 0.497 e. The maximum Gasteiger partial charge on any atom is 0.246 e. The van der Waals surface area contributed by atoms with Crippen LogP contribution in [-0.2, 0) is 9.59 Å². The van der Waals surface area contributed by atoms with Crippen LogP contribution in [0.3, 0.4) is 0 Å². The van der Waals surface area contributed by atoms with Crippen LogP contribution in [0.1, 0.15) is 11.6 Å². The smallest absolute Gasteiger partial charge is 0.246 e. The summed E-state index contributed by atoms with van der Waals surface area (Å²) in [7, 11) is 4.91. The van der Waals surface area contributed by atoms with Crippen molar-refractivity contribution in [3.05, 3.63) is 66.5 Å². The highest BCUT2D eigenvalue weighted by molar-refractivity contribution is 5.96. The van der Waals surface area contributed by atoms with Crippen LogP contribution in [0.5, 0.6) is 5.75 Å². The van der Waals surface area contributed by atoms with E-state index in [0.29, 0.717) is 17.0 Å². The number of rotatable bonds is 8. The lowest BCUT2D eigenvalue weighted by Gasteiger charge is -2.20. The first-order chi connectivity index (χ1) is 14.5. The van der Waals surface area contributed by atoms with Crippen LogP contribution in [0.2, 0.25) is 0 Å². The molecule has 0 radical (unpaired) electrons. The van der Waals surface area contributed by atoms with Gasteiger partial charge >= 0.3 is 0 Å². The summed E-state index contributed by atoms with van der Waals surface area (Å²) in [6.45, 7) is 0.0295. The van der Waals surface area contributed by atoms with E-state index in [1.54, 1.807) is 45.7 Å². The Balaban J connectivity index is 1.77. The number of ether oxygens (including phenoxy) is 1. The monoisotopic (exact) mass is 407 g/mol. The van der Waals surface area contributed by atoms with Gasteiger partial charge in [-0.15, -0.1) is 0 Å². The van der Waals surface area contributed by atoms with Gasteiger partial charge in [-0.05, 0) is 35.4 Å². The van der Waals surface area contributed by atoms with Gasteiger partial charge in [0.05, 0.1) is 19.9 Å². The maximum absolute atomic E-state index is 13.1. The number of aromatic amines is 1. The molecule has 3 aromatic rings. The molecule has 2 aromatic carbocycles. The fourth-order valence-corrected chi connectivity index (χ4v) is 2.90. The summed E-state index contributed by atoms with van der Waals surface area (Å²) in [4.78, 5) is 26.6. The van der Waals surface area contributed by atoms with Crippen LogP contribution >= 0.6 is 0 Å². The van der Waals surface area contributed by atoms with Crippen molar-refractivity contribution in [1.29, 1.82) is 0 Å². The van der Waals surface area contributed by atoms with Gasteiger partial charge in [-0.2, -0.15) is 5.10 Å². The van der Waals surface area contributed by atoms with Gasteiger partial charge < -0.3 is 15.0 Å². The van der Waals surface area contributed by atoms with Crippen LogP contribution in [-0.4, -0.2) is 54.7 Å². The molecule has 0 fully saturated rings. The van der Waals surface area contributed by atoms with Gasteiger partial charge in [0.2, 0.25) is 11.8 Å². The fourth-order valence-electron chi connectivity index (χ4n) is 2.90. The van der Waals surface area contributed by atoms with E-state index in [2.05, 4.69) is 20.8 Å². The van der Waals surface area contributed by atoms with Crippen molar-refractivity contribution in [3.63, 3.8) is 0 Å².